The number of fused-ring (bicyclic) bond motifs is 1. The van der Waals surface area contributed by atoms with Gasteiger partial charge in [-0.15, -0.1) is 0 Å². The Bertz CT molecular complexity index is 1300. The molecule has 8 heteroatoms. The van der Waals surface area contributed by atoms with Crippen LogP contribution in [0.4, 0.5) is 5.69 Å². The molecule has 1 saturated heterocycles. The number of aromatic nitrogens is 1. The molecule has 1 aliphatic carbocycles. The quantitative estimate of drug-likeness (QED) is 0.402. The van der Waals surface area contributed by atoms with Crippen molar-refractivity contribution in [2.45, 2.75) is 51.0 Å². The summed E-state index contributed by atoms with van der Waals surface area (Å²) in [5.74, 6) is -0.172. The molecule has 2 aliphatic rings. The van der Waals surface area contributed by atoms with Gasteiger partial charge in [0.1, 0.15) is 11.7 Å². The molecule has 3 aromatic rings. The van der Waals surface area contributed by atoms with E-state index in [9.17, 15) is 14.4 Å². The van der Waals surface area contributed by atoms with Gasteiger partial charge in [-0.3, -0.25) is 9.59 Å². The van der Waals surface area contributed by atoms with Gasteiger partial charge in [0.15, 0.2) is 0 Å². The van der Waals surface area contributed by atoms with Gasteiger partial charge < -0.3 is 25.7 Å². The van der Waals surface area contributed by atoms with Crippen LogP contribution in [0.3, 0.4) is 0 Å². The first-order valence-electron chi connectivity index (χ1n) is 13.6. The highest BCUT2D eigenvalue weighted by Crippen LogP contribution is 2.38. The van der Waals surface area contributed by atoms with Crippen molar-refractivity contribution in [3.05, 3.63) is 65.9 Å². The van der Waals surface area contributed by atoms with E-state index in [0.717, 1.165) is 48.6 Å². The Hall–Kier alpha value is -3.65. The topological polar surface area (TPSA) is 118 Å². The summed E-state index contributed by atoms with van der Waals surface area (Å²) in [7, 11) is 0. The molecule has 1 aromatic heterocycles. The van der Waals surface area contributed by atoms with Crippen molar-refractivity contribution in [2.24, 2.45) is 17.6 Å². The number of benzene rings is 2. The molecule has 1 saturated carbocycles. The van der Waals surface area contributed by atoms with Gasteiger partial charge in [-0.25, -0.2) is 4.79 Å². The van der Waals surface area contributed by atoms with Crippen LogP contribution in [0.1, 0.15) is 61.0 Å². The third-order valence-corrected chi connectivity index (χ3v) is 8.09. The van der Waals surface area contributed by atoms with Crippen molar-refractivity contribution in [1.82, 2.24) is 9.88 Å². The molecule has 0 spiro atoms. The predicted molar refractivity (Wildman–Crippen MR) is 147 cm³/mol. The first kappa shape index (κ1) is 26.0. The summed E-state index contributed by atoms with van der Waals surface area (Å²) in [5.41, 5.74) is 8.68. The molecular formula is C30H36N4O4. The zero-order valence-corrected chi connectivity index (χ0v) is 21.8. The second-order valence-corrected chi connectivity index (χ2v) is 10.4. The lowest BCUT2D eigenvalue weighted by atomic mass is 9.81. The Balaban J connectivity index is 1.38. The van der Waals surface area contributed by atoms with Crippen LogP contribution in [-0.2, 0) is 14.3 Å². The summed E-state index contributed by atoms with van der Waals surface area (Å²) in [6.07, 6.45) is 4.32. The van der Waals surface area contributed by atoms with Crippen molar-refractivity contribution in [1.29, 1.82) is 0 Å². The highest BCUT2D eigenvalue weighted by molar-refractivity contribution is 6.01. The number of nitrogens with one attached hydrogen (secondary N) is 2. The molecule has 5 rings (SSSR count). The summed E-state index contributed by atoms with van der Waals surface area (Å²) < 4.78 is 5.09. The van der Waals surface area contributed by atoms with E-state index in [1.165, 1.54) is 0 Å². The highest BCUT2D eigenvalue weighted by atomic mass is 16.5. The molecular weight excluding hydrogens is 480 g/mol. The Morgan fingerprint density at radius 1 is 1.03 bits per heavy atom. The third-order valence-electron chi connectivity index (χ3n) is 8.09. The number of carbonyl (C=O) groups excluding carboxylic acids is 3. The maximum atomic E-state index is 13.8. The summed E-state index contributed by atoms with van der Waals surface area (Å²) >= 11 is 0. The smallest absolute Gasteiger partial charge is 0.354 e. The van der Waals surface area contributed by atoms with Crippen LogP contribution in [0, 0.1) is 11.8 Å². The van der Waals surface area contributed by atoms with Crippen LogP contribution >= 0.6 is 0 Å². The van der Waals surface area contributed by atoms with Crippen LogP contribution < -0.4 is 11.1 Å². The largest absolute Gasteiger partial charge is 0.461 e. The van der Waals surface area contributed by atoms with Gasteiger partial charge in [0.25, 0.3) is 0 Å². The number of hydrogen-bond acceptors (Lipinski definition) is 5. The van der Waals surface area contributed by atoms with Gasteiger partial charge in [0.2, 0.25) is 11.8 Å². The lowest BCUT2D eigenvalue weighted by Gasteiger charge is -2.33. The fourth-order valence-corrected chi connectivity index (χ4v) is 6.04. The van der Waals surface area contributed by atoms with Crippen molar-refractivity contribution >= 4 is 34.4 Å². The van der Waals surface area contributed by atoms with Gasteiger partial charge in [-0.05, 0) is 81.3 Å². The number of H-pyrrole nitrogens is 1. The summed E-state index contributed by atoms with van der Waals surface area (Å²) in [6, 6.07) is 16.6. The zero-order valence-electron chi connectivity index (χ0n) is 21.8. The standard InChI is InChI=1S/C30H36N4O4/c1-2-38-30(37)26-17-22-16-23(12-13-25(22)33-26)32-28(35)27-24(20-6-4-3-5-7-20)14-15-34(27)29(36)21-10-8-19(18-31)9-11-21/h3-7,12-13,16-17,19,21,24,27,33H,2,8-11,14-15,18,31H2,1H3,(H,32,35)/t19?,21?,24-,27-/m0/s1. The van der Waals surface area contributed by atoms with E-state index >= 15 is 0 Å². The van der Waals surface area contributed by atoms with E-state index in [0.29, 0.717) is 37.0 Å². The van der Waals surface area contributed by atoms with Gasteiger partial charge in [-0.2, -0.15) is 0 Å². The number of aromatic amines is 1. The average molecular weight is 517 g/mol. The van der Waals surface area contributed by atoms with E-state index in [2.05, 4.69) is 10.3 Å². The third kappa shape index (κ3) is 5.31. The molecule has 2 amide bonds. The van der Waals surface area contributed by atoms with E-state index in [4.69, 9.17) is 10.5 Å². The van der Waals surface area contributed by atoms with Crippen LogP contribution in [-0.4, -0.2) is 53.4 Å². The number of carbonyl (C=O) groups is 3. The lowest BCUT2D eigenvalue weighted by Crippen LogP contribution is -2.48. The van der Waals surface area contributed by atoms with Crippen LogP contribution in [0.5, 0.6) is 0 Å². The van der Waals surface area contributed by atoms with Crippen LogP contribution in [0.25, 0.3) is 10.9 Å². The predicted octanol–water partition coefficient (Wildman–Crippen LogP) is 4.43. The number of esters is 1. The van der Waals surface area contributed by atoms with E-state index in [-0.39, 0.29) is 23.7 Å². The number of nitrogens with zero attached hydrogens (tertiary/aromatic N) is 1. The number of likely N-dealkylation sites (tertiary alicyclic amines) is 1. The van der Waals surface area contributed by atoms with Crippen LogP contribution in [0.15, 0.2) is 54.6 Å². The van der Waals surface area contributed by atoms with E-state index < -0.39 is 12.0 Å². The SMILES string of the molecule is CCOC(=O)c1cc2cc(NC(=O)[C@@H]3[C@H](c4ccccc4)CCN3C(=O)C3CCC(CN)CC3)ccc2[nH]1. The molecule has 2 aromatic carbocycles. The summed E-state index contributed by atoms with van der Waals surface area (Å²) in [5, 5.41) is 3.86. The average Bonchev–Trinajstić information content (AvgIpc) is 3.58. The summed E-state index contributed by atoms with van der Waals surface area (Å²) in [4.78, 5) is 44.5. The van der Waals surface area contributed by atoms with E-state index in [1.807, 2.05) is 47.4 Å². The molecule has 0 unspecified atom stereocenters. The molecule has 200 valence electrons. The fraction of sp³-hybridized carbons (Fsp3) is 0.433. The molecule has 2 atom stereocenters. The van der Waals surface area contributed by atoms with Crippen molar-refractivity contribution in [3.63, 3.8) is 0 Å². The van der Waals surface area contributed by atoms with Crippen LogP contribution in [0.2, 0.25) is 0 Å². The van der Waals surface area contributed by atoms with E-state index in [1.54, 1.807) is 19.1 Å². The van der Waals surface area contributed by atoms with Gasteiger partial charge >= 0.3 is 5.97 Å². The maximum Gasteiger partial charge on any atom is 0.354 e. The Morgan fingerprint density at radius 3 is 2.50 bits per heavy atom. The fourth-order valence-electron chi connectivity index (χ4n) is 6.04. The molecule has 38 heavy (non-hydrogen) atoms. The number of rotatable bonds is 7. The Labute approximate surface area is 222 Å². The number of nitrogens with two attached hydrogens (primary N) is 1. The summed E-state index contributed by atoms with van der Waals surface area (Å²) in [6.45, 7) is 3.29. The minimum atomic E-state index is -0.589. The van der Waals surface area contributed by atoms with Crippen molar-refractivity contribution < 1.29 is 19.1 Å². The number of anilines is 1. The number of hydrogen-bond donors (Lipinski definition) is 3. The van der Waals surface area contributed by atoms with Gasteiger partial charge in [0, 0.05) is 35.0 Å². The minimum absolute atomic E-state index is 0.0554. The Morgan fingerprint density at radius 2 is 1.79 bits per heavy atom. The minimum Gasteiger partial charge on any atom is -0.461 e. The van der Waals surface area contributed by atoms with Gasteiger partial charge in [0.05, 0.1) is 6.61 Å². The van der Waals surface area contributed by atoms with Crippen molar-refractivity contribution in [3.8, 4) is 0 Å². The Kier molecular flexibility index (Phi) is 7.79. The second-order valence-electron chi connectivity index (χ2n) is 10.4. The molecule has 4 N–H and O–H groups in total. The molecule has 0 bridgehead atoms. The molecule has 0 radical (unpaired) electrons. The molecule has 8 nitrogen and oxygen atoms in total. The lowest BCUT2D eigenvalue weighted by molar-refractivity contribution is -0.141. The highest BCUT2D eigenvalue weighted by Gasteiger charge is 2.44. The molecule has 1 aliphatic heterocycles. The maximum absolute atomic E-state index is 13.8. The monoisotopic (exact) mass is 516 g/mol. The first-order chi connectivity index (χ1) is 18.5. The molecule has 2 fully saturated rings. The van der Waals surface area contributed by atoms with Crippen molar-refractivity contribution in [2.75, 3.05) is 25.0 Å². The number of ether oxygens (including phenoxy) is 1. The second kappa shape index (κ2) is 11.4. The molecule has 2 heterocycles. The van der Waals surface area contributed by atoms with Gasteiger partial charge in [-0.1, -0.05) is 30.3 Å². The number of amides is 2. The zero-order chi connectivity index (χ0) is 26.6. The first-order valence-corrected chi connectivity index (χ1v) is 13.6. The normalized spacial score (nSPS) is 23.4.